The molecule has 2 rings (SSSR count). The van der Waals surface area contributed by atoms with E-state index in [1.54, 1.807) is 0 Å². The molecule has 1 aliphatic rings. The number of nitrogens with zero attached hydrogens (tertiary/aromatic N) is 1. The topological polar surface area (TPSA) is 29.3 Å². The molecule has 1 saturated carbocycles. The summed E-state index contributed by atoms with van der Waals surface area (Å²) >= 11 is 0. The molecule has 0 amide bonds. The molecule has 21 heavy (non-hydrogen) atoms. The van der Waals surface area contributed by atoms with Gasteiger partial charge in [-0.25, -0.2) is 0 Å². The first-order chi connectivity index (χ1) is 9.95. The SMILES string of the molecule is CC(C)c1ccc(CC(N)C2(N(C)C)CCCCC2)cc1. The lowest BCUT2D eigenvalue weighted by molar-refractivity contribution is 0.0716. The highest BCUT2D eigenvalue weighted by Crippen LogP contribution is 2.35. The Labute approximate surface area is 130 Å². The Morgan fingerprint density at radius 1 is 1.05 bits per heavy atom. The van der Waals surface area contributed by atoms with Crippen LogP contribution in [0.3, 0.4) is 0 Å². The van der Waals surface area contributed by atoms with Crippen LogP contribution in [0, 0.1) is 0 Å². The first-order valence-corrected chi connectivity index (χ1v) is 8.47. The summed E-state index contributed by atoms with van der Waals surface area (Å²) < 4.78 is 0. The third kappa shape index (κ3) is 3.67. The molecule has 0 bridgehead atoms. The monoisotopic (exact) mass is 288 g/mol. The Hall–Kier alpha value is -0.860. The van der Waals surface area contributed by atoms with Crippen molar-refractivity contribution in [1.82, 2.24) is 4.90 Å². The Morgan fingerprint density at radius 3 is 2.10 bits per heavy atom. The van der Waals surface area contributed by atoms with Gasteiger partial charge in [-0.3, -0.25) is 0 Å². The van der Waals surface area contributed by atoms with E-state index in [2.05, 4.69) is 57.1 Å². The van der Waals surface area contributed by atoms with E-state index < -0.39 is 0 Å². The molecule has 1 fully saturated rings. The molecule has 2 heteroatoms. The molecule has 1 aromatic carbocycles. The van der Waals surface area contributed by atoms with Gasteiger partial charge in [0.25, 0.3) is 0 Å². The summed E-state index contributed by atoms with van der Waals surface area (Å²) in [6, 6.07) is 9.27. The predicted octanol–water partition coefficient (Wildman–Crippen LogP) is 3.94. The van der Waals surface area contributed by atoms with Crippen molar-refractivity contribution in [3.8, 4) is 0 Å². The Bertz CT molecular complexity index is 427. The van der Waals surface area contributed by atoms with Crippen molar-refractivity contribution in [3.05, 3.63) is 35.4 Å². The molecule has 1 aromatic rings. The molecular formula is C19H32N2. The molecule has 1 unspecified atom stereocenters. The zero-order chi connectivity index (χ0) is 15.5. The molecule has 1 atom stereocenters. The molecule has 118 valence electrons. The summed E-state index contributed by atoms with van der Waals surface area (Å²) in [5.74, 6) is 0.596. The third-order valence-corrected chi connectivity index (χ3v) is 5.40. The third-order valence-electron chi connectivity index (χ3n) is 5.40. The van der Waals surface area contributed by atoms with Crippen LogP contribution in [-0.4, -0.2) is 30.6 Å². The molecule has 2 N–H and O–H groups in total. The lowest BCUT2D eigenvalue weighted by atomic mass is 9.74. The number of rotatable bonds is 5. The second-order valence-electron chi connectivity index (χ2n) is 7.27. The average Bonchev–Trinajstić information content (AvgIpc) is 2.48. The highest BCUT2D eigenvalue weighted by molar-refractivity contribution is 5.26. The van der Waals surface area contributed by atoms with Crippen molar-refractivity contribution in [2.45, 2.75) is 69.9 Å². The van der Waals surface area contributed by atoms with Crippen LogP contribution in [-0.2, 0) is 6.42 Å². The standard InChI is InChI=1S/C19H32N2/c1-15(2)17-10-8-16(9-11-17)14-18(20)19(21(3)4)12-6-5-7-13-19/h8-11,15,18H,5-7,12-14,20H2,1-4H3. The fourth-order valence-corrected chi connectivity index (χ4v) is 3.80. The van der Waals surface area contributed by atoms with Gasteiger partial charge in [-0.15, -0.1) is 0 Å². The van der Waals surface area contributed by atoms with Gasteiger partial charge >= 0.3 is 0 Å². The van der Waals surface area contributed by atoms with Crippen molar-refractivity contribution in [3.63, 3.8) is 0 Å². The van der Waals surface area contributed by atoms with Crippen molar-refractivity contribution in [2.24, 2.45) is 5.73 Å². The lowest BCUT2D eigenvalue weighted by Crippen LogP contribution is -2.59. The van der Waals surface area contributed by atoms with Gasteiger partial charge in [0.2, 0.25) is 0 Å². The summed E-state index contributed by atoms with van der Waals surface area (Å²) in [5, 5.41) is 0. The second kappa shape index (κ2) is 6.93. The highest BCUT2D eigenvalue weighted by atomic mass is 15.2. The number of benzene rings is 1. The second-order valence-corrected chi connectivity index (χ2v) is 7.27. The van der Waals surface area contributed by atoms with Gasteiger partial charge in [0.15, 0.2) is 0 Å². The van der Waals surface area contributed by atoms with Crippen molar-refractivity contribution < 1.29 is 0 Å². The fraction of sp³-hybridized carbons (Fsp3) is 0.684. The van der Waals surface area contributed by atoms with Crippen LogP contribution >= 0.6 is 0 Å². The fourth-order valence-electron chi connectivity index (χ4n) is 3.80. The van der Waals surface area contributed by atoms with Gasteiger partial charge in [0.1, 0.15) is 0 Å². The van der Waals surface area contributed by atoms with Crippen LogP contribution in [0.1, 0.15) is 63.0 Å². The molecule has 0 aromatic heterocycles. The largest absolute Gasteiger partial charge is 0.326 e. The molecule has 0 saturated heterocycles. The number of hydrogen-bond donors (Lipinski definition) is 1. The molecule has 0 heterocycles. The van der Waals surface area contributed by atoms with Crippen LogP contribution in [0.25, 0.3) is 0 Å². The molecule has 0 aliphatic heterocycles. The first-order valence-electron chi connectivity index (χ1n) is 8.47. The van der Waals surface area contributed by atoms with Gasteiger partial charge in [0.05, 0.1) is 0 Å². The normalized spacial score (nSPS) is 20.0. The Balaban J connectivity index is 2.09. The maximum atomic E-state index is 6.67. The van der Waals surface area contributed by atoms with Gasteiger partial charge in [-0.1, -0.05) is 57.4 Å². The minimum absolute atomic E-state index is 0.189. The van der Waals surface area contributed by atoms with Crippen LogP contribution in [0.15, 0.2) is 24.3 Å². The van der Waals surface area contributed by atoms with Crippen LogP contribution in [0.2, 0.25) is 0 Å². The van der Waals surface area contributed by atoms with Crippen LogP contribution < -0.4 is 5.73 Å². The minimum atomic E-state index is 0.189. The molecule has 1 aliphatic carbocycles. The average molecular weight is 288 g/mol. The summed E-state index contributed by atoms with van der Waals surface area (Å²) in [7, 11) is 4.40. The molecule has 2 nitrogen and oxygen atoms in total. The van der Waals surface area contributed by atoms with Gasteiger partial charge in [-0.2, -0.15) is 0 Å². The Morgan fingerprint density at radius 2 is 1.62 bits per heavy atom. The smallest absolute Gasteiger partial charge is 0.0357 e. The number of nitrogens with two attached hydrogens (primary N) is 1. The summed E-state index contributed by atoms with van der Waals surface area (Å²) in [4.78, 5) is 2.39. The maximum Gasteiger partial charge on any atom is 0.0357 e. The van der Waals surface area contributed by atoms with Crippen molar-refractivity contribution >= 4 is 0 Å². The van der Waals surface area contributed by atoms with E-state index in [1.807, 2.05) is 0 Å². The van der Waals surface area contributed by atoms with Crippen molar-refractivity contribution in [2.75, 3.05) is 14.1 Å². The summed E-state index contributed by atoms with van der Waals surface area (Å²) in [6.07, 6.45) is 7.47. The van der Waals surface area contributed by atoms with E-state index in [9.17, 15) is 0 Å². The zero-order valence-electron chi connectivity index (χ0n) is 14.2. The molecular weight excluding hydrogens is 256 g/mol. The first kappa shape index (κ1) is 16.5. The van der Waals surface area contributed by atoms with E-state index in [1.165, 1.54) is 43.2 Å². The van der Waals surface area contributed by atoms with E-state index in [0.29, 0.717) is 5.92 Å². The Kier molecular flexibility index (Phi) is 5.45. The summed E-state index contributed by atoms with van der Waals surface area (Å²) in [5.41, 5.74) is 9.65. The number of likely N-dealkylation sites (N-methyl/N-ethyl adjacent to an activating group) is 1. The van der Waals surface area contributed by atoms with Gasteiger partial charge in [0, 0.05) is 11.6 Å². The number of hydrogen-bond acceptors (Lipinski definition) is 2. The highest BCUT2D eigenvalue weighted by Gasteiger charge is 2.39. The lowest BCUT2D eigenvalue weighted by Gasteiger charge is -2.47. The van der Waals surface area contributed by atoms with Gasteiger partial charge < -0.3 is 10.6 Å². The van der Waals surface area contributed by atoms with E-state index in [-0.39, 0.29) is 11.6 Å². The quantitative estimate of drug-likeness (QED) is 0.889. The van der Waals surface area contributed by atoms with Gasteiger partial charge in [-0.05, 0) is 50.4 Å². The maximum absolute atomic E-state index is 6.67. The van der Waals surface area contributed by atoms with E-state index in [0.717, 1.165) is 6.42 Å². The zero-order valence-corrected chi connectivity index (χ0v) is 14.2. The molecule has 0 spiro atoms. The molecule has 0 radical (unpaired) electrons. The van der Waals surface area contributed by atoms with E-state index >= 15 is 0 Å². The summed E-state index contributed by atoms with van der Waals surface area (Å²) in [6.45, 7) is 4.48. The van der Waals surface area contributed by atoms with E-state index in [4.69, 9.17) is 5.73 Å². The van der Waals surface area contributed by atoms with Crippen LogP contribution in [0.4, 0.5) is 0 Å². The minimum Gasteiger partial charge on any atom is -0.326 e. The predicted molar refractivity (Wildman–Crippen MR) is 91.7 cm³/mol. The van der Waals surface area contributed by atoms with Crippen LogP contribution in [0.5, 0.6) is 0 Å². The van der Waals surface area contributed by atoms with Crippen molar-refractivity contribution in [1.29, 1.82) is 0 Å².